The maximum atomic E-state index is 13.6. The number of amides is 1. The quantitative estimate of drug-likeness (QED) is 0.288. The van der Waals surface area contributed by atoms with Crippen LogP contribution in [0.15, 0.2) is 84.9 Å². The molecule has 4 aromatic rings. The first kappa shape index (κ1) is 22.2. The molecule has 0 saturated carbocycles. The summed E-state index contributed by atoms with van der Waals surface area (Å²) in [6.45, 7) is 0.383. The molecule has 3 nitrogen and oxygen atoms in total. The Kier molecular flexibility index (Phi) is 5.01. The largest absolute Gasteiger partial charge is 0.448 e. The number of hydrogen-bond acceptors (Lipinski definition) is 2. The van der Waals surface area contributed by atoms with Crippen LogP contribution >= 0.6 is 0 Å². The predicted octanol–water partition coefficient (Wildman–Crippen LogP) is 7.90. The van der Waals surface area contributed by atoms with E-state index < -0.39 is 0 Å². The number of hydrogen-bond donors (Lipinski definition) is 0. The van der Waals surface area contributed by atoms with E-state index in [1.807, 2.05) is 0 Å². The van der Waals surface area contributed by atoms with Gasteiger partial charge in [-0.2, -0.15) is 0 Å². The zero-order valence-electron chi connectivity index (χ0n) is 21.5. The summed E-state index contributed by atoms with van der Waals surface area (Å²) in [5.41, 5.74) is 10.8. The summed E-state index contributed by atoms with van der Waals surface area (Å²) < 4.78 is 6.12. The summed E-state index contributed by atoms with van der Waals surface area (Å²) in [4.78, 5) is 15.7. The molecule has 2 heterocycles. The van der Waals surface area contributed by atoms with Crippen LogP contribution in [-0.2, 0) is 17.6 Å². The number of carbonyl (C=O) groups is 1. The molecule has 3 heteroatoms. The van der Waals surface area contributed by atoms with Crippen molar-refractivity contribution in [1.82, 2.24) is 4.90 Å². The van der Waals surface area contributed by atoms with Crippen molar-refractivity contribution >= 4 is 22.4 Å². The van der Waals surface area contributed by atoms with Crippen molar-refractivity contribution in [3.63, 3.8) is 0 Å². The number of rotatable bonds is 3. The molecule has 1 fully saturated rings. The van der Waals surface area contributed by atoms with Crippen LogP contribution in [0.5, 0.6) is 0 Å². The van der Waals surface area contributed by atoms with Gasteiger partial charge in [0.25, 0.3) is 0 Å². The topological polar surface area (TPSA) is 29.5 Å². The Balaban J connectivity index is 1.07. The average molecular weight is 498 g/mol. The van der Waals surface area contributed by atoms with Crippen LogP contribution in [0, 0.1) is 0 Å². The summed E-state index contributed by atoms with van der Waals surface area (Å²) in [5, 5.41) is 2.85. The molecule has 2 atom stereocenters. The Morgan fingerprint density at radius 2 is 1.53 bits per heavy atom. The van der Waals surface area contributed by atoms with E-state index in [9.17, 15) is 4.79 Å². The summed E-state index contributed by atoms with van der Waals surface area (Å²) in [5.74, 6) is 0.0932. The normalized spacial score (nSPS) is 21.3. The summed E-state index contributed by atoms with van der Waals surface area (Å²) in [6.07, 6.45) is 8.62. The number of nitrogens with zero attached hydrogens (tertiary/aromatic N) is 1. The van der Waals surface area contributed by atoms with Crippen molar-refractivity contribution in [3.05, 3.63) is 113 Å². The molecule has 2 aliphatic carbocycles. The van der Waals surface area contributed by atoms with Gasteiger partial charge in [0.15, 0.2) is 0 Å². The Morgan fingerprint density at radius 3 is 2.29 bits per heavy atom. The second-order valence-electron chi connectivity index (χ2n) is 11.4. The third-order valence-electron chi connectivity index (χ3n) is 9.41. The van der Waals surface area contributed by atoms with Crippen molar-refractivity contribution in [1.29, 1.82) is 0 Å². The number of fused-ring (bicyclic) bond motifs is 5. The van der Waals surface area contributed by atoms with Crippen molar-refractivity contribution < 1.29 is 9.53 Å². The fourth-order valence-corrected chi connectivity index (χ4v) is 7.71. The highest BCUT2D eigenvalue weighted by molar-refractivity contribution is 5.99. The zero-order valence-corrected chi connectivity index (χ0v) is 21.5. The minimum atomic E-state index is -0.155. The monoisotopic (exact) mass is 497 g/mol. The van der Waals surface area contributed by atoms with E-state index in [0.29, 0.717) is 6.61 Å². The minimum Gasteiger partial charge on any atom is -0.448 e. The third kappa shape index (κ3) is 3.31. The molecule has 0 N–H and O–H groups in total. The average Bonchev–Trinajstić information content (AvgIpc) is 3.51. The van der Waals surface area contributed by atoms with Crippen molar-refractivity contribution in [2.24, 2.45) is 0 Å². The van der Waals surface area contributed by atoms with Gasteiger partial charge in [0.2, 0.25) is 0 Å². The van der Waals surface area contributed by atoms with Crippen molar-refractivity contribution in [2.75, 3.05) is 6.61 Å². The lowest BCUT2D eigenvalue weighted by molar-refractivity contribution is 0.0539. The molecular formula is C35H31NO2. The van der Waals surface area contributed by atoms with Crippen molar-refractivity contribution in [3.8, 4) is 11.1 Å². The molecule has 0 aromatic heterocycles. The Bertz CT molecular complexity index is 1580. The number of aryl methyl sites for hydroxylation is 2. The summed E-state index contributed by atoms with van der Waals surface area (Å²) in [7, 11) is 0. The summed E-state index contributed by atoms with van der Waals surface area (Å²) in [6, 6.07) is 28.8. The Morgan fingerprint density at radius 1 is 0.789 bits per heavy atom. The smallest absolute Gasteiger partial charge is 0.410 e. The maximum Gasteiger partial charge on any atom is 0.410 e. The number of piperidine rings is 1. The Hall–Kier alpha value is -3.85. The number of ether oxygens (including phenoxy) is 1. The SMILES string of the molecule is O=C(OCC1c2ccccc2-c2ccccc21)N1C2C=C(c3ccc4c5c(cccc35)CC4)CC1CCC2. The highest BCUT2D eigenvalue weighted by Crippen LogP contribution is 2.45. The van der Waals surface area contributed by atoms with E-state index in [4.69, 9.17) is 4.74 Å². The van der Waals surface area contributed by atoms with Gasteiger partial charge in [-0.1, -0.05) is 84.9 Å². The molecule has 0 radical (unpaired) electrons. The standard InChI is InChI=1S/C35H31NO2/c37-35(38-21-33-30-12-3-1-10-28(30)29-11-2-4-13-31(29)33)36-25-8-6-9-26(36)20-24(19-25)27-18-17-23-16-15-22-7-5-14-32(27)34(22)23/h1-5,7,10-14,17-19,25-26,33H,6,8-9,15-16,20-21H2. The lowest BCUT2D eigenvalue weighted by Crippen LogP contribution is -2.51. The second-order valence-corrected chi connectivity index (χ2v) is 11.4. The lowest BCUT2D eigenvalue weighted by atomic mass is 9.81. The lowest BCUT2D eigenvalue weighted by Gasteiger charge is -2.44. The van der Waals surface area contributed by atoms with Gasteiger partial charge in [0.1, 0.15) is 6.61 Å². The van der Waals surface area contributed by atoms with Gasteiger partial charge in [-0.15, -0.1) is 0 Å². The molecule has 188 valence electrons. The fraction of sp³-hybridized carbons (Fsp3) is 0.286. The molecule has 0 spiro atoms. The molecule has 1 saturated heterocycles. The maximum absolute atomic E-state index is 13.6. The van der Waals surface area contributed by atoms with E-state index in [1.54, 1.807) is 0 Å². The van der Waals surface area contributed by atoms with Gasteiger partial charge < -0.3 is 4.74 Å². The highest BCUT2D eigenvalue weighted by Gasteiger charge is 2.39. The van der Waals surface area contributed by atoms with Gasteiger partial charge in [-0.25, -0.2) is 4.79 Å². The molecular weight excluding hydrogens is 466 g/mol. The van der Waals surface area contributed by atoms with Crippen LogP contribution in [0.1, 0.15) is 59.4 Å². The van der Waals surface area contributed by atoms with Crippen LogP contribution in [-0.4, -0.2) is 29.7 Å². The van der Waals surface area contributed by atoms with E-state index >= 15 is 0 Å². The van der Waals surface area contributed by atoms with E-state index in [1.165, 1.54) is 55.3 Å². The number of carbonyl (C=O) groups excluding carboxylic acids is 1. The molecule has 4 aromatic carbocycles. The minimum absolute atomic E-state index is 0.0932. The first-order valence-electron chi connectivity index (χ1n) is 14.1. The molecule has 1 amide bonds. The highest BCUT2D eigenvalue weighted by atomic mass is 16.6. The fourth-order valence-electron chi connectivity index (χ4n) is 7.71. The first-order valence-corrected chi connectivity index (χ1v) is 14.1. The zero-order chi connectivity index (χ0) is 25.2. The van der Waals surface area contributed by atoms with Crippen LogP contribution < -0.4 is 0 Å². The molecule has 2 bridgehead atoms. The van der Waals surface area contributed by atoms with Gasteiger partial charge in [0, 0.05) is 12.0 Å². The molecule has 4 aliphatic rings. The third-order valence-corrected chi connectivity index (χ3v) is 9.41. The van der Waals surface area contributed by atoms with E-state index in [2.05, 4.69) is 89.8 Å². The van der Waals surface area contributed by atoms with E-state index in [-0.39, 0.29) is 24.1 Å². The van der Waals surface area contributed by atoms with Crippen LogP contribution in [0.25, 0.3) is 27.5 Å². The van der Waals surface area contributed by atoms with E-state index in [0.717, 1.165) is 38.5 Å². The van der Waals surface area contributed by atoms with Gasteiger partial charge in [-0.05, 0) is 93.8 Å². The first-order chi connectivity index (χ1) is 18.8. The molecule has 38 heavy (non-hydrogen) atoms. The van der Waals surface area contributed by atoms with Crippen LogP contribution in [0.3, 0.4) is 0 Å². The van der Waals surface area contributed by atoms with Crippen LogP contribution in [0.4, 0.5) is 4.79 Å². The molecule has 2 unspecified atom stereocenters. The van der Waals surface area contributed by atoms with Gasteiger partial charge in [-0.3, -0.25) is 4.90 Å². The van der Waals surface area contributed by atoms with Gasteiger partial charge in [0.05, 0.1) is 6.04 Å². The Labute approximate surface area is 223 Å². The molecule has 8 rings (SSSR count). The van der Waals surface area contributed by atoms with Crippen LogP contribution in [0.2, 0.25) is 0 Å². The molecule has 2 aliphatic heterocycles. The number of benzene rings is 4. The second kappa shape index (κ2) is 8.59. The predicted molar refractivity (Wildman–Crippen MR) is 152 cm³/mol. The summed E-state index contributed by atoms with van der Waals surface area (Å²) >= 11 is 0. The van der Waals surface area contributed by atoms with Gasteiger partial charge >= 0.3 is 6.09 Å². The van der Waals surface area contributed by atoms with Crippen molar-refractivity contribution in [2.45, 2.75) is 56.5 Å².